The average Bonchev–Trinajstić information content (AvgIpc) is 2.18. The maximum Gasteiger partial charge on any atom is 0.315 e. The number of ketones is 1. The Morgan fingerprint density at radius 2 is 1.85 bits per heavy atom. The van der Waals surface area contributed by atoms with Gasteiger partial charge >= 0.3 is 5.91 Å². The van der Waals surface area contributed by atoms with Gasteiger partial charge in [-0.1, -0.05) is 30.3 Å². The van der Waals surface area contributed by atoms with Gasteiger partial charge in [-0.3, -0.25) is 14.4 Å². The van der Waals surface area contributed by atoms with E-state index in [1.165, 1.54) is 7.11 Å². The Morgan fingerprint density at radius 3 is 2.38 bits per heavy atom. The van der Waals surface area contributed by atoms with Crippen LogP contribution in [0.25, 0.3) is 0 Å². The molecule has 4 heteroatoms. The van der Waals surface area contributed by atoms with Gasteiger partial charge in [0.2, 0.25) is 0 Å². The fourth-order valence-electron chi connectivity index (χ4n) is 0.860. The second kappa shape index (κ2) is 4.37. The molecule has 0 aliphatic carbocycles. The Hall–Kier alpha value is -1.68. The SMILES string of the molecule is CONC(=O)C(=O)c1ccccc1. The molecule has 0 heterocycles. The van der Waals surface area contributed by atoms with E-state index in [0.29, 0.717) is 5.56 Å². The molecule has 1 aromatic carbocycles. The van der Waals surface area contributed by atoms with Crippen LogP contribution in [0.1, 0.15) is 10.4 Å². The highest BCUT2D eigenvalue weighted by Gasteiger charge is 2.14. The van der Waals surface area contributed by atoms with E-state index in [4.69, 9.17) is 0 Å². The summed E-state index contributed by atoms with van der Waals surface area (Å²) in [6.45, 7) is 0. The summed E-state index contributed by atoms with van der Waals surface area (Å²) in [4.78, 5) is 26.5. The molecule has 0 bridgehead atoms. The predicted molar refractivity (Wildman–Crippen MR) is 45.9 cm³/mol. The van der Waals surface area contributed by atoms with Gasteiger partial charge in [-0.2, -0.15) is 0 Å². The van der Waals surface area contributed by atoms with Gasteiger partial charge in [-0.05, 0) is 0 Å². The fraction of sp³-hybridized carbons (Fsp3) is 0.111. The van der Waals surface area contributed by atoms with E-state index in [1.54, 1.807) is 30.3 Å². The van der Waals surface area contributed by atoms with E-state index in [-0.39, 0.29) is 0 Å². The van der Waals surface area contributed by atoms with E-state index in [2.05, 4.69) is 4.84 Å². The van der Waals surface area contributed by atoms with Gasteiger partial charge in [0.15, 0.2) is 0 Å². The van der Waals surface area contributed by atoms with Crippen molar-refractivity contribution in [2.24, 2.45) is 0 Å². The minimum atomic E-state index is -0.770. The topological polar surface area (TPSA) is 55.4 Å². The standard InChI is InChI=1S/C9H9NO3/c1-13-10-9(12)8(11)7-5-3-2-4-6-7/h2-6H,1H3,(H,10,12). The van der Waals surface area contributed by atoms with Gasteiger partial charge in [0, 0.05) is 5.56 Å². The quantitative estimate of drug-likeness (QED) is 0.418. The number of nitrogens with one attached hydrogen (secondary N) is 1. The molecule has 1 N–H and O–H groups in total. The number of amides is 1. The van der Waals surface area contributed by atoms with Crippen molar-refractivity contribution in [2.75, 3.05) is 7.11 Å². The van der Waals surface area contributed by atoms with Crippen LogP contribution < -0.4 is 5.48 Å². The van der Waals surface area contributed by atoms with Crippen LogP contribution in [0.5, 0.6) is 0 Å². The van der Waals surface area contributed by atoms with Crippen molar-refractivity contribution in [1.82, 2.24) is 5.48 Å². The van der Waals surface area contributed by atoms with Crippen molar-refractivity contribution in [1.29, 1.82) is 0 Å². The van der Waals surface area contributed by atoms with Crippen LogP contribution in [0, 0.1) is 0 Å². The fourth-order valence-corrected chi connectivity index (χ4v) is 0.860. The molecule has 0 saturated carbocycles. The number of rotatable bonds is 3. The molecule has 0 saturated heterocycles. The third kappa shape index (κ3) is 2.38. The lowest BCUT2D eigenvalue weighted by Gasteiger charge is -1.99. The Kier molecular flexibility index (Phi) is 3.16. The van der Waals surface area contributed by atoms with Crippen LogP contribution in [0.3, 0.4) is 0 Å². The highest BCUT2D eigenvalue weighted by atomic mass is 16.6. The molecular formula is C9H9NO3. The molecule has 0 atom stereocenters. The first-order chi connectivity index (χ1) is 6.25. The molecule has 0 fully saturated rings. The second-order valence-corrected chi connectivity index (χ2v) is 2.33. The van der Waals surface area contributed by atoms with Gasteiger partial charge in [-0.25, -0.2) is 5.48 Å². The van der Waals surface area contributed by atoms with Crippen molar-refractivity contribution < 1.29 is 14.4 Å². The molecule has 4 nitrogen and oxygen atoms in total. The summed E-state index contributed by atoms with van der Waals surface area (Å²) in [7, 11) is 1.27. The number of carbonyl (C=O) groups is 2. The largest absolute Gasteiger partial charge is 0.315 e. The van der Waals surface area contributed by atoms with Crippen LogP contribution in [-0.2, 0) is 9.63 Å². The molecule has 0 aliphatic rings. The van der Waals surface area contributed by atoms with Crippen LogP contribution in [0.2, 0.25) is 0 Å². The Bertz CT molecular complexity index is 308. The first-order valence-electron chi connectivity index (χ1n) is 3.68. The van der Waals surface area contributed by atoms with Gasteiger partial charge in [0.1, 0.15) is 0 Å². The van der Waals surface area contributed by atoms with Crippen molar-refractivity contribution in [2.45, 2.75) is 0 Å². The molecule has 0 unspecified atom stereocenters. The van der Waals surface area contributed by atoms with Crippen molar-refractivity contribution >= 4 is 11.7 Å². The molecule has 1 aromatic rings. The molecule has 68 valence electrons. The minimum Gasteiger partial charge on any atom is -0.283 e. The number of hydrogen-bond donors (Lipinski definition) is 1. The third-order valence-corrected chi connectivity index (χ3v) is 1.44. The summed E-state index contributed by atoms with van der Waals surface area (Å²) in [6, 6.07) is 8.28. The van der Waals surface area contributed by atoms with Gasteiger partial charge in [0.05, 0.1) is 7.11 Å². The van der Waals surface area contributed by atoms with Gasteiger partial charge < -0.3 is 0 Å². The van der Waals surface area contributed by atoms with Gasteiger partial charge in [-0.15, -0.1) is 0 Å². The average molecular weight is 179 g/mol. The number of benzene rings is 1. The summed E-state index contributed by atoms with van der Waals surface area (Å²) >= 11 is 0. The number of Topliss-reactive ketones (excluding diaryl/α,β-unsaturated/α-hetero) is 1. The Labute approximate surface area is 75.5 Å². The normalized spacial score (nSPS) is 9.31. The molecule has 0 aliphatic heterocycles. The zero-order valence-electron chi connectivity index (χ0n) is 7.11. The summed E-state index contributed by atoms with van der Waals surface area (Å²) in [5.74, 6) is -1.38. The summed E-state index contributed by atoms with van der Waals surface area (Å²) in [5.41, 5.74) is 2.30. The summed E-state index contributed by atoms with van der Waals surface area (Å²) in [6.07, 6.45) is 0. The number of carbonyl (C=O) groups excluding carboxylic acids is 2. The van der Waals surface area contributed by atoms with Crippen LogP contribution in [-0.4, -0.2) is 18.8 Å². The molecule has 1 rings (SSSR count). The minimum absolute atomic E-state index is 0.344. The smallest absolute Gasteiger partial charge is 0.283 e. The van der Waals surface area contributed by atoms with Crippen LogP contribution in [0.4, 0.5) is 0 Å². The van der Waals surface area contributed by atoms with Crippen molar-refractivity contribution in [3.05, 3.63) is 35.9 Å². The maximum absolute atomic E-state index is 11.2. The zero-order chi connectivity index (χ0) is 9.68. The van der Waals surface area contributed by atoms with Crippen LogP contribution >= 0.6 is 0 Å². The van der Waals surface area contributed by atoms with E-state index in [1.807, 2.05) is 5.48 Å². The molecule has 13 heavy (non-hydrogen) atoms. The zero-order valence-corrected chi connectivity index (χ0v) is 7.11. The van der Waals surface area contributed by atoms with Crippen molar-refractivity contribution in [3.8, 4) is 0 Å². The first-order valence-corrected chi connectivity index (χ1v) is 3.68. The molecular weight excluding hydrogens is 170 g/mol. The monoisotopic (exact) mass is 179 g/mol. The van der Waals surface area contributed by atoms with E-state index in [0.717, 1.165) is 0 Å². The highest BCUT2D eigenvalue weighted by molar-refractivity contribution is 6.42. The lowest BCUT2D eigenvalue weighted by molar-refractivity contribution is -0.126. The molecule has 1 amide bonds. The number of hydrogen-bond acceptors (Lipinski definition) is 3. The first kappa shape index (κ1) is 9.41. The Balaban J connectivity index is 2.74. The number of hydroxylamine groups is 1. The molecule has 0 radical (unpaired) electrons. The summed E-state index contributed by atoms with van der Waals surface area (Å²) in [5, 5.41) is 0. The molecule has 0 aromatic heterocycles. The van der Waals surface area contributed by atoms with Crippen LogP contribution in [0.15, 0.2) is 30.3 Å². The molecule has 0 spiro atoms. The third-order valence-electron chi connectivity index (χ3n) is 1.44. The van der Waals surface area contributed by atoms with Crippen molar-refractivity contribution in [3.63, 3.8) is 0 Å². The predicted octanol–water partition coefficient (Wildman–Crippen LogP) is 0.547. The van der Waals surface area contributed by atoms with E-state index < -0.39 is 11.7 Å². The highest BCUT2D eigenvalue weighted by Crippen LogP contribution is 1.99. The summed E-state index contributed by atoms with van der Waals surface area (Å²) < 4.78 is 0. The Morgan fingerprint density at radius 1 is 1.23 bits per heavy atom. The van der Waals surface area contributed by atoms with E-state index >= 15 is 0 Å². The lowest BCUT2D eigenvalue weighted by atomic mass is 10.1. The lowest BCUT2D eigenvalue weighted by Crippen LogP contribution is -2.29. The van der Waals surface area contributed by atoms with Gasteiger partial charge in [0.25, 0.3) is 5.78 Å². The van der Waals surface area contributed by atoms with E-state index in [9.17, 15) is 9.59 Å². The second-order valence-electron chi connectivity index (χ2n) is 2.33. The maximum atomic E-state index is 11.2.